The van der Waals surface area contributed by atoms with Gasteiger partial charge in [0.1, 0.15) is 7.11 Å². The largest absolute Gasteiger partial charge is 0.399 e. The van der Waals surface area contributed by atoms with Crippen molar-refractivity contribution in [3.8, 4) is 0 Å². The molecule has 0 atom stereocenters. The van der Waals surface area contributed by atoms with Crippen LogP contribution in [-0.4, -0.2) is 27.0 Å². The van der Waals surface area contributed by atoms with Crippen molar-refractivity contribution < 1.29 is 13.3 Å². The summed E-state index contributed by atoms with van der Waals surface area (Å²) in [6.07, 6.45) is 0.341. The zero-order valence-electron chi connectivity index (χ0n) is 7.41. The summed E-state index contributed by atoms with van der Waals surface area (Å²) in [5, 5.41) is 3.67. The number of oxime groups is 1. The second-order valence-electron chi connectivity index (χ2n) is 2.69. The lowest BCUT2D eigenvalue weighted by Gasteiger charge is -2.17. The molecule has 1 fully saturated rings. The average molecular weight is 201 g/mol. The number of hydrogen-bond acceptors (Lipinski definition) is 4. The van der Waals surface area contributed by atoms with Crippen LogP contribution in [-0.2, 0) is 14.7 Å². The zero-order valence-corrected chi connectivity index (χ0v) is 8.23. The van der Waals surface area contributed by atoms with Gasteiger partial charge >= 0.3 is 0 Å². The van der Waals surface area contributed by atoms with Crippen LogP contribution in [0.1, 0.15) is 6.42 Å². The Bertz CT molecular complexity index is 378. The molecule has 13 heavy (non-hydrogen) atoms. The minimum atomic E-state index is -3.19. The van der Waals surface area contributed by atoms with E-state index in [0.717, 1.165) is 0 Å². The molecule has 72 valence electrons. The van der Waals surface area contributed by atoms with Gasteiger partial charge in [0.15, 0.2) is 9.84 Å². The number of rotatable bonds is 1. The topological polar surface area (TPSA) is 55.7 Å². The first kappa shape index (κ1) is 9.98. The molecular weight excluding hydrogens is 190 g/mol. The Morgan fingerprint density at radius 3 is 2.62 bits per heavy atom. The van der Waals surface area contributed by atoms with Crippen LogP contribution in [0.5, 0.6) is 0 Å². The second kappa shape index (κ2) is 3.33. The Kier molecular flexibility index (Phi) is 2.56. The van der Waals surface area contributed by atoms with E-state index in [0.29, 0.717) is 17.7 Å². The molecule has 0 bridgehead atoms. The maximum Gasteiger partial charge on any atom is 0.178 e. The Morgan fingerprint density at radius 1 is 1.46 bits per heavy atom. The molecule has 1 aliphatic rings. The predicted octanol–water partition coefficient (Wildman–Crippen LogP) is 0.877. The molecule has 0 amide bonds. The van der Waals surface area contributed by atoms with E-state index in [2.05, 4.69) is 23.2 Å². The monoisotopic (exact) mass is 201 g/mol. The zero-order chi connectivity index (χ0) is 10.1. The van der Waals surface area contributed by atoms with Crippen molar-refractivity contribution in [3.63, 3.8) is 0 Å². The summed E-state index contributed by atoms with van der Waals surface area (Å²) in [7, 11) is -1.78. The van der Waals surface area contributed by atoms with Crippen LogP contribution in [0.3, 0.4) is 0 Å². The number of hydrogen-bond donors (Lipinski definition) is 0. The van der Waals surface area contributed by atoms with Crippen molar-refractivity contribution in [2.45, 2.75) is 6.42 Å². The summed E-state index contributed by atoms with van der Waals surface area (Å²) >= 11 is 0. The molecule has 0 aromatic carbocycles. The number of nitrogens with zero attached hydrogens (tertiary/aromatic N) is 1. The van der Waals surface area contributed by atoms with Crippen LogP contribution in [0, 0.1) is 0 Å². The van der Waals surface area contributed by atoms with Crippen LogP contribution < -0.4 is 0 Å². The molecule has 0 aliphatic carbocycles. The van der Waals surface area contributed by atoms with Gasteiger partial charge in [-0.25, -0.2) is 8.42 Å². The third-order valence-corrected chi connectivity index (χ3v) is 3.61. The fourth-order valence-corrected chi connectivity index (χ4v) is 2.27. The Labute approximate surface area is 77.5 Å². The molecule has 4 nitrogen and oxygen atoms in total. The Morgan fingerprint density at radius 2 is 2.08 bits per heavy atom. The molecule has 5 heteroatoms. The SMILES string of the molecule is C=C1C(=C)S(=O)(=O)CCC1=NOC. The average Bonchev–Trinajstić information content (AvgIpc) is 2.07. The van der Waals surface area contributed by atoms with Crippen molar-refractivity contribution in [1.82, 2.24) is 0 Å². The minimum Gasteiger partial charge on any atom is -0.399 e. The van der Waals surface area contributed by atoms with E-state index in [4.69, 9.17) is 0 Å². The van der Waals surface area contributed by atoms with Gasteiger partial charge in [0, 0.05) is 12.0 Å². The van der Waals surface area contributed by atoms with Gasteiger partial charge in [-0.15, -0.1) is 0 Å². The first-order valence-corrected chi connectivity index (χ1v) is 5.35. The van der Waals surface area contributed by atoms with Crippen LogP contribution >= 0.6 is 0 Å². The quantitative estimate of drug-likeness (QED) is 0.592. The van der Waals surface area contributed by atoms with Gasteiger partial charge in [-0.2, -0.15) is 0 Å². The van der Waals surface area contributed by atoms with E-state index >= 15 is 0 Å². The molecule has 1 saturated heterocycles. The molecule has 0 aromatic rings. The first-order chi connectivity index (χ1) is 5.99. The highest BCUT2D eigenvalue weighted by Gasteiger charge is 2.28. The molecule has 0 spiro atoms. The lowest BCUT2D eigenvalue weighted by atomic mass is 10.1. The fraction of sp³-hybridized carbons (Fsp3) is 0.375. The molecule has 0 N–H and O–H groups in total. The highest BCUT2D eigenvalue weighted by atomic mass is 32.2. The van der Waals surface area contributed by atoms with Gasteiger partial charge in [-0.05, 0) is 0 Å². The van der Waals surface area contributed by atoms with E-state index in [9.17, 15) is 8.42 Å². The van der Waals surface area contributed by atoms with E-state index in [1.165, 1.54) is 7.11 Å². The highest BCUT2D eigenvalue weighted by Crippen LogP contribution is 2.24. The van der Waals surface area contributed by atoms with Crippen LogP contribution in [0.25, 0.3) is 0 Å². The van der Waals surface area contributed by atoms with Crippen molar-refractivity contribution in [2.24, 2.45) is 5.16 Å². The lowest BCUT2D eigenvalue weighted by Crippen LogP contribution is -2.23. The summed E-state index contributed by atoms with van der Waals surface area (Å²) in [6.45, 7) is 7.06. The maximum absolute atomic E-state index is 11.3. The summed E-state index contributed by atoms with van der Waals surface area (Å²) < 4.78 is 22.6. The first-order valence-electron chi connectivity index (χ1n) is 3.70. The fourth-order valence-electron chi connectivity index (χ4n) is 1.06. The van der Waals surface area contributed by atoms with Gasteiger partial charge in [0.25, 0.3) is 0 Å². The van der Waals surface area contributed by atoms with Crippen molar-refractivity contribution >= 4 is 15.5 Å². The summed E-state index contributed by atoms with van der Waals surface area (Å²) in [5.74, 6) is 0.0348. The summed E-state index contributed by atoms with van der Waals surface area (Å²) in [5.41, 5.74) is 0.912. The molecule has 0 unspecified atom stereocenters. The molecule has 1 heterocycles. The molecule has 0 aromatic heterocycles. The smallest absolute Gasteiger partial charge is 0.178 e. The maximum atomic E-state index is 11.3. The van der Waals surface area contributed by atoms with E-state index in [-0.39, 0.29) is 10.7 Å². The molecule has 1 aliphatic heterocycles. The van der Waals surface area contributed by atoms with E-state index < -0.39 is 9.84 Å². The van der Waals surface area contributed by atoms with Crippen molar-refractivity contribution in [3.05, 3.63) is 23.6 Å². The Hall–Kier alpha value is -1.10. The minimum absolute atomic E-state index is 0.0348. The highest BCUT2D eigenvalue weighted by molar-refractivity contribution is 7.95. The molecule has 0 radical (unpaired) electrons. The standard InChI is InChI=1S/C8H11NO3S/c1-6-7(2)13(10,11)5-4-8(6)9-12-3/h1-2,4-5H2,3H3. The van der Waals surface area contributed by atoms with E-state index in [1.807, 2.05) is 0 Å². The van der Waals surface area contributed by atoms with Crippen molar-refractivity contribution in [1.29, 1.82) is 0 Å². The van der Waals surface area contributed by atoms with Crippen LogP contribution in [0.4, 0.5) is 0 Å². The normalized spacial score (nSPS) is 24.8. The Balaban J connectivity index is 3.03. The van der Waals surface area contributed by atoms with Crippen LogP contribution in [0.15, 0.2) is 28.8 Å². The second-order valence-corrected chi connectivity index (χ2v) is 4.82. The summed E-state index contributed by atoms with van der Waals surface area (Å²) in [4.78, 5) is 4.61. The summed E-state index contributed by atoms with van der Waals surface area (Å²) in [6, 6.07) is 0. The van der Waals surface area contributed by atoms with Gasteiger partial charge in [-0.1, -0.05) is 18.3 Å². The van der Waals surface area contributed by atoms with Gasteiger partial charge in [0.05, 0.1) is 16.4 Å². The predicted molar refractivity (Wildman–Crippen MR) is 51.1 cm³/mol. The number of allylic oxidation sites excluding steroid dienone is 1. The number of sulfone groups is 1. The lowest BCUT2D eigenvalue weighted by molar-refractivity contribution is 0.213. The third kappa shape index (κ3) is 1.80. The molecule has 1 rings (SSSR count). The van der Waals surface area contributed by atoms with Gasteiger partial charge in [0.2, 0.25) is 0 Å². The van der Waals surface area contributed by atoms with E-state index in [1.54, 1.807) is 0 Å². The van der Waals surface area contributed by atoms with Crippen molar-refractivity contribution in [2.75, 3.05) is 12.9 Å². The third-order valence-electron chi connectivity index (χ3n) is 1.87. The van der Waals surface area contributed by atoms with Gasteiger partial charge in [-0.3, -0.25) is 0 Å². The molecular formula is C8H11NO3S. The molecule has 0 saturated carbocycles. The van der Waals surface area contributed by atoms with Crippen LogP contribution in [0.2, 0.25) is 0 Å². The van der Waals surface area contributed by atoms with Gasteiger partial charge < -0.3 is 4.84 Å².